The topological polar surface area (TPSA) is 64.4 Å². The lowest BCUT2D eigenvalue weighted by Crippen LogP contribution is -2.35. The quantitative estimate of drug-likeness (QED) is 0.369. The number of ether oxygens (including phenoxy) is 1. The second-order valence-electron chi connectivity index (χ2n) is 7.94. The van der Waals surface area contributed by atoms with Gasteiger partial charge in [-0.15, -0.1) is 0 Å². The molecule has 3 aromatic carbocycles. The Morgan fingerprint density at radius 3 is 2.38 bits per heavy atom. The fourth-order valence-corrected chi connectivity index (χ4v) is 3.99. The number of rotatable bonds is 7. The van der Waals surface area contributed by atoms with Crippen molar-refractivity contribution in [2.45, 2.75) is 19.4 Å². The number of carbonyl (C=O) groups excluding carboxylic acids is 1. The number of para-hydroxylation sites is 1. The number of amides is 1. The molecule has 0 aliphatic heterocycles. The van der Waals surface area contributed by atoms with Crippen molar-refractivity contribution in [1.29, 1.82) is 0 Å². The van der Waals surface area contributed by atoms with E-state index in [0.717, 1.165) is 5.56 Å². The minimum Gasteiger partial charge on any atom is -0.497 e. The SMILES string of the molecule is CCC(c1nc2ccccc2c(=O)n1-c1ccc(OC)cc1)N(C)C(=O)/C=C/c1ccccc1. The summed E-state index contributed by atoms with van der Waals surface area (Å²) in [5, 5.41) is 0.523. The zero-order valence-electron chi connectivity index (χ0n) is 19.5. The molecule has 0 aliphatic carbocycles. The first-order valence-corrected chi connectivity index (χ1v) is 11.2. The fraction of sp³-hybridized carbons (Fsp3) is 0.179. The highest BCUT2D eigenvalue weighted by Gasteiger charge is 2.25. The Morgan fingerprint density at radius 2 is 1.71 bits per heavy atom. The lowest BCUT2D eigenvalue weighted by atomic mass is 10.1. The normalized spacial score (nSPS) is 12.1. The van der Waals surface area contributed by atoms with E-state index in [1.165, 1.54) is 0 Å². The van der Waals surface area contributed by atoms with Gasteiger partial charge in [0, 0.05) is 13.1 Å². The molecule has 1 aromatic heterocycles. The van der Waals surface area contributed by atoms with Crippen LogP contribution >= 0.6 is 0 Å². The average Bonchev–Trinajstić information content (AvgIpc) is 2.88. The Labute approximate surface area is 198 Å². The molecule has 172 valence electrons. The van der Waals surface area contributed by atoms with Gasteiger partial charge in [-0.3, -0.25) is 14.2 Å². The highest BCUT2D eigenvalue weighted by Crippen LogP contribution is 2.26. The summed E-state index contributed by atoms with van der Waals surface area (Å²) in [6.45, 7) is 1.98. The molecule has 0 fully saturated rings. The molecule has 0 bridgehead atoms. The minimum atomic E-state index is -0.410. The van der Waals surface area contributed by atoms with Gasteiger partial charge in [0.1, 0.15) is 11.6 Å². The zero-order chi connectivity index (χ0) is 24.1. The lowest BCUT2D eigenvalue weighted by molar-refractivity contribution is -0.127. The van der Waals surface area contributed by atoms with Gasteiger partial charge >= 0.3 is 0 Å². The third-order valence-corrected chi connectivity index (χ3v) is 5.85. The number of nitrogens with zero attached hydrogens (tertiary/aromatic N) is 3. The summed E-state index contributed by atoms with van der Waals surface area (Å²) in [5.41, 5.74) is 2.03. The van der Waals surface area contributed by atoms with Gasteiger partial charge in [0.15, 0.2) is 0 Å². The van der Waals surface area contributed by atoms with E-state index in [1.807, 2.05) is 67.6 Å². The second-order valence-corrected chi connectivity index (χ2v) is 7.94. The van der Waals surface area contributed by atoms with Gasteiger partial charge in [0.2, 0.25) is 5.91 Å². The van der Waals surface area contributed by atoms with Crippen LogP contribution in [-0.4, -0.2) is 34.5 Å². The number of carbonyl (C=O) groups is 1. The number of benzene rings is 3. The van der Waals surface area contributed by atoms with Crippen LogP contribution in [0.15, 0.2) is 89.7 Å². The standard InChI is InChI=1S/C28H27N3O3/c1-4-25(30(2)26(32)19-14-20-10-6-5-7-11-20)27-29-24-13-9-8-12-23(24)28(33)31(27)21-15-17-22(34-3)18-16-21/h5-19,25H,4H2,1-3H3/b19-14+. The highest BCUT2D eigenvalue weighted by molar-refractivity contribution is 5.92. The molecule has 0 radical (unpaired) electrons. The van der Waals surface area contributed by atoms with Crippen molar-refractivity contribution in [3.8, 4) is 11.4 Å². The summed E-state index contributed by atoms with van der Waals surface area (Å²) in [5.74, 6) is 1.04. The van der Waals surface area contributed by atoms with E-state index in [2.05, 4.69) is 0 Å². The molecule has 1 amide bonds. The number of likely N-dealkylation sites (N-methyl/N-ethyl adjacent to an activating group) is 1. The predicted octanol–water partition coefficient (Wildman–Crippen LogP) is 5.02. The van der Waals surface area contributed by atoms with Gasteiger partial charge in [-0.25, -0.2) is 4.98 Å². The lowest BCUT2D eigenvalue weighted by Gasteiger charge is -2.28. The Balaban J connectivity index is 1.81. The van der Waals surface area contributed by atoms with Gasteiger partial charge in [0.05, 0.1) is 29.7 Å². The van der Waals surface area contributed by atoms with E-state index in [-0.39, 0.29) is 11.5 Å². The van der Waals surface area contributed by atoms with E-state index in [1.54, 1.807) is 54.0 Å². The first-order chi connectivity index (χ1) is 16.5. The van der Waals surface area contributed by atoms with E-state index < -0.39 is 6.04 Å². The molecule has 0 saturated heterocycles. The van der Waals surface area contributed by atoms with E-state index >= 15 is 0 Å². The predicted molar refractivity (Wildman–Crippen MR) is 135 cm³/mol. The molecule has 4 aromatic rings. The third-order valence-electron chi connectivity index (χ3n) is 5.85. The van der Waals surface area contributed by atoms with Crippen LogP contribution in [0.1, 0.15) is 30.8 Å². The van der Waals surface area contributed by atoms with Crippen molar-refractivity contribution in [2.75, 3.05) is 14.2 Å². The van der Waals surface area contributed by atoms with Gasteiger partial charge in [-0.2, -0.15) is 0 Å². The molecule has 1 atom stereocenters. The van der Waals surface area contributed by atoms with Gasteiger partial charge in [0.25, 0.3) is 5.56 Å². The first kappa shape index (κ1) is 23.0. The minimum absolute atomic E-state index is 0.167. The second kappa shape index (κ2) is 10.2. The van der Waals surface area contributed by atoms with Gasteiger partial charge < -0.3 is 9.64 Å². The number of aromatic nitrogens is 2. The maximum Gasteiger partial charge on any atom is 0.266 e. The summed E-state index contributed by atoms with van der Waals surface area (Å²) >= 11 is 0. The average molecular weight is 454 g/mol. The maximum absolute atomic E-state index is 13.6. The monoisotopic (exact) mass is 453 g/mol. The van der Waals surface area contributed by atoms with E-state index in [0.29, 0.717) is 34.6 Å². The van der Waals surface area contributed by atoms with Gasteiger partial charge in [-0.05, 0) is 54.5 Å². The number of fused-ring (bicyclic) bond motifs is 1. The molecule has 34 heavy (non-hydrogen) atoms. The van der Waals surface area contributed by atoms with Crippen LogP contribution in [0.2, 0.25) is 0 Å². The van der Waals surface area contributed by atoms with Crippen LogP contribution in [0.25, 0.3) is 22.7 Å². The molecule has 1 heterocycles. The first-order valence-electron chi connectivity index (χ1n) is 11.2. The van der Waals surface area contributed by atoms with Crippen molar-refractivity contribution in [2.24, 2.45) is 0 Å². The summed E-state index contributed by atoms with van der Waals surface area (Å²) in [7, 11) is 3.34. The van der Waals surface area contributed by atoms with Crippen LogP contribution in [0.5, 0.6) is 5.75 Å². The van der Waals surface area contributed by atoms with Crippen molar-refractivity contribution in [3.63, 3.8) is 0 Å². The van der Waals surface area contributed by atoms with Crippen LogP contribution in [0, 0.1) is 0 Å². The Morgan fingerprint density at radius 1 is 1.03 bits per heavy atom. The Kier molecular flexibility index (Phi) is 6.87. The molecule has 0 N–H and O–H groups in total. The molecule has 1 unspecified atom stereocenters. The zero-order valence-corrected chi connectivity index (χ0v) is 19.5. The molecule has 0 spiro atoms. The Hall–Kier alpha value is -4.19. The molecule has 6 heteroatoms. The molecular weight excluding hydrogens is 426 g/mol. The van der Waals surface area contributed by atoms with Crippen LogP contribution in [0.3, 0.4) is 0 Å². The summed E-state index contributed by atoms with van der Waals surface area (Å²) in [4.78, 5) is 33.2. The smallest absolute Gasteiger partial charge is 0.266 e. The van der Waals surface area contributed by atoms with Crippen LogP contribution < -0.4 is 10.3 Å². The molecule has 0 saturated carbocycles. The van der Waals surface area contributed by atoms with Crippen LogP contribution in [0.4, 0.5) is 0 Å². The van der Waals surface area contributed by atoms with E-state index in [4.69, 9.17) is 9.72 Å². The largest absolute Gasteiger partial charge is 0.497 e. The van der Waals surface area contributed by atoms with Gasteiger partial charge in [-0.1, -0.05) is 49.4 Å². The van der Waals surface area contributed by atoms with Crippen molar-refractivity contribution in [3.05, 3.63) is 107 Å². The molecule has 0 aliphatic rings. The molecule has 4 rings (SSSR count). The molecule has 6 nitrogen and oxygen atoms in total. The number of hydrogen-bond acceptors (Lipinski definition) is 4. The summed E-state index contributed by atoms with van der Waals surface area (Å²) in [6, 6.07) is 23.8. The molecular formula is C28H27N3O3. The maximum atomic E-state index is 13.6. The highest BCUT2D eigenvalue weighted by atomic mass is 16.5. The Bertz CT molecular complexity index is 1380. The van der Waals surface area contributed by atoms with Crippen molar-refractivity contribution < 1.29 is 9.53 Å². The van der Waals surface area contributed by atoms with Crippen molar-refractivity contribution >= 4 is 22.9 Å². The van der Waals surface area contributed by atoms with Crippen molar-refractivity contribution in [1.82, 2.24) is 14.5 Å². The number of hydrogen-bond donors (Lipinski definition) is 0. The van der Waals surface area contributed by atoms with E-state index in [9.17, 15) is 9.59 Å². The van der Waals surface area contributed by atoms with Crippen LogP contribution in [-0.2, 0) is 4.79 Å². The summed E-state index contributed by atoms with van der Waals surface area (Å²) in [6.07, 6.45) is 3.92. The number of methoxy groups -OCH3 is 1. The summed E-state index contributed by atoms with van der Waals surface area (Å²) < 4.78 is 6.87. The fourth-order valence-electron chi connectivity index (χ4n) is 3.99. The third kappa shape index (κ3) is 4.62.